The van der Waals surface area contributed by atoms with E-state index in [0.717, 1.165) is 13.1 Å². The van der Waals surface area contributed by atoms with E-state index in [2.05, 4.69) is 22.8 Å². The van der Waals surface area contributed by atoms with E-state index in [1.54, 1.807) is 0 Å². The molecule has 2 bridgehead atoms. The quantitative estimate of drug-likeness (QED) is 0.383. The van der Waals surface area contributed by atoms with E-state index in [0.29, 0.717) is 12.1 Å². The van der Waals surface area contributed by atoms with Gasteiger partial charge in [0.25, 0.3) is 0 Å². The third-order valence-corrected chi connectivity index (χ3v) is 2.75. The van der Waals surface area contributed by atoms with Gasteiger partial charge in [0.2, 0.25) is 0 Å². The van der Waals surface area contributed by atoms with Crippen LogP contribution in [0.3, 0.4) is 0 Å². The molecular formula is C12H16F6N2O4. The first-order chi connectivity index (χ1) is 10.8. The maximum Gasteiger partial charge on any atom is 0.490 e. The van der Waals surface area contributed by atoms with Crippen LogP contribution in [0.4, 0.5) is 26.3 Å². The lowest BCUT2D eigenvalue weighted by molar-refractivity contribution is -0.193. The number of halogens is 6. The van der Waals surface area contributed by atoms with E-state index in [1.165, 1.54) is 12.8 Å². The minimum absolute atomic E-state index is 0.692. The van der Waals surface area contributed by atoms with E-state index in [9.17, 15) is 26.3 Å². The molecule has 0 saturated carbocycles. The Hall–Kier alpha value is -1.82. The molecule has 24 heavy (non-hydrogen) atoms. The van der Waals surface area contributed by atoms with Crippen LogP contribution in [0.15, 0.2) is 12.2 Å². The highest BCUT2D eigenvalue weighted by atomic mass is 19.4. The van der Waals surface area contributed by atoms with Crippen molar-refractivity contribution in [2.24, 2.45) is 0 Å². The number of rotatable bonds is 0. The molecule has 2 aliphatic heterocycles. The Morgan fingerprint density at radius 1 is 0.833 bits per heavy atom. The molecule has 2 heterocycles. The van der Waals surface area contributed by atoms with Crippen LogP contribution in [-0.2, 0) is 9.59 Å². The molecule has 2 atom stereocenters. The van der Waals surface area contributed by atoms with Gasteiger partial charge >= 0.3 is 24.3 Å². The summed E-state index contributed by atoms with van der Waals surface area (Å²) in [6, 6.07) is 1.38. The SMILES string of the molecule is C1=CC[C@H]2CNC[C@@H](C1)N2.O=C(O)C(F)(F)F.O=C(O)C(F)(F)F. The Morgan fingerprint density at radius 3 is 1.38 bits per heavy atom. The summed E-state index contributed by atoms with van der Waals surface area (Å²) in [6.45, 7) is 2.28. The zero-order valence-corrected chi connectivity index (χ0v) is 12.1. The van der Waals surface area contributed by atoms with Crippen LogP contribution in [0, 0.1) is 0 Å². The fourth-order valence-corrected chi connectivity index (χ4v) is 1.71. The maximum absolute atomic E-state index is 10.6. The van der Waals surface area contributed by atoms with Gasteiger partial charge in [-0.25, -0.2) is 9.59 Å². The number of alkyl halides is 6. The lowest BCUT2D eigenvalue weighted by Crippen LogP contribution is -2.53. The van der Waals surface area contributed by atoms with E-state index >= 15 is 0 Å². The van der Waals surface area contributed by atoms with Crippen LogP contribution < -0.4 is 10.6 Å². The molecule has 0 aliphatic carbocycles. The van der Waals surface area contributed by atoms with Gasteiger partial charge in [-0.05, 0) is 12.8 Å². The molecule has 140 valence electrons. The molecule has 1 saturated heterocycles. The number of hydrogen-bond donors (Lipinski definition) is 4. The van der Waals surface area contributed by atoms with Gasteiger partial charge in [-0.2, -0.15) is 26.3 Å². The van der Waals surface area contributed by atoms with Crippen molar-refractivity contribution in [2.45, 2.75) is 37.3 Å². The second-order valence-corrected chi connectivity index (χ2v) is 4.77. The van der Waals surface area contributed by atoms with Gasteiger partial charge in [0.15, 0.2) is 0 Å². The third-order valence-electron chi connectivity index (χ3n) is 2.75. The van der Waals surface area contributed by atoms with E-state index in [1.807, 2.05) is 0 Å². The molecule has 4 N–H and O–H groups in total. The largest absolute Gasteiger partial charge is 0.490 e. The third kappa shape index (κ3) is 10.0. The average molecular weight is 366 g/mol. The number of aliphatic carboxylic acids is 2. The molecule has 0 aromatic rings. The van der Waals surface area contributed by atoms with Crippen LogP contribution in [0.5, 0.6) is 0 Å². The highest BCUT2D eigenvalue weighted by molar-refractivity contribution is 5.73. The van der Waals surface area contributed by atoms with E-state index in [-0.39, 0.29) is 0 Å². The molecular weight excluding hydrogens is 350 g/mol. The molecule has 0 spiro atoms. The summed E-state index contributed by atoms with van der Waals surface area (Å²) in [5, 5.41) is 21.3. The summed E-state index contributed by atoms with van der Waals surface area (Å²) in [4.78, 5) is 17.8. The predicted octanol–water partition coefficient (Wildman–Crippen LogP) is 1.53. The summed E-state index contributed by atoms with van der Waals surface area (Å²) in [5.74, 6) is -5.51. The summed E-state index contributed by atoms with van der Waals surface area (Å²) in [6.07, 6.45) is -3.18. The topological polar surface area (TPSA) is 98.7 Å². The van der Waals surface area contributed by atoms with Crippen molar-refractivity contribution in [3.8, 4) is 0 Å². The second-order valence-electron chi connectivity index (χ2n) is 4.77. The molecule has 6 nitrogen and oxygen atoms in total. The average Bonchev–Trinajstić information content (AvgIpc) is 2.58. The van der Waals surface area contributed by atoms with Gasteiger partial charge in [-0.15, -0.1) is 0 Å². The Morgan fingerprint density at radius 2 is 1.12 bits per heavy atom. The minimum Gasteiger partial charge on any atom is -0.475 e. The van der Waals surface area contributed by atoms with Crippen LogP contribution in [0.2, 0.25) is 0 Å². The summed E-state index contributed by atoms with van der Waals surface area (Å²) in [7, 11) is 0. The predicted molar refractivity (Wildman–Crippen MR) is 69.3 cm³/mol. The van der Waals surface area contributed by atoms with Crippen molar-refractivity contribution in [1.82, 2.24) is 10.6 Å². The van der Waals surface area contributed by atoms with Gasteiger partial charge in [0, 0.05) is 25.2 Å². The number of piperazine rings is 1. The second kappa shape index (κ2) is 9.47. The first kappa shape index (κ1) is 22.2. The Balaban J connectivity index is 0.000000343. The molecule has 0 aromatic heterocycles. The van der Waals surface area contributed by atoms with Crippen molar-refractivity contribution in [3.05, 3.63) is 12.2 Å². The van der Waals surface area contributed by atoms with Crippen molar-refractivity contribution >= 4 is 11.9 Å². The number of carbonyl (C=O) groups is 2. The van der Waals surface area contributed by atoms with Crippen LogP contribution in [0.1, 0.15) is 12.8 Å². The lowest BCUT2D eigenvalue weighted by atomic mass is 10.1. The van der Waals surface area contributed by atoms with Crippen LogP contribution >= 0.6 is 0 Å². The van der Waals surface area contributed by atoms with Crippen molar-refractivity contribution in [2.75, 3.05) is 13.1 Å². The first-order valence-electron chi connectivity index (χ1n) is 6.56. The highest BCUT2D eigenvalue weighted by Crippen LogP contribution is 2.13. The van der Waals surface area contributed by atoms with Crippen molar-refractivity contribution in [1.29, 1.82) is 0 Å². The number of nitrogens with one attached hydrogen (secondary N) is 2. The fraction of sp³-hybridized carbons (Fsp3) is 0.667. The normalized spacial score (nSPS) is 22.9. The number of hydrogen-bond acceptors (Lipinski definition) is 4. The minimum atomic E-state index is -5.08. The van der Waals surface area contributed by atoms with Crippen LogP contribution in [0.25, 0.3) is 0 Å². The molecule has 12 heteroatoms. The molecule has 0 amide bonds. The maximum atomic E-state index is 10.6. The Bertz CT molecular complexity index is 412. The number of carboxylic acid groups (broad SMARTS) is 2. The van der Waals surface area contributed by atoms with Gasteiger partial charge < -0.3 is 20.8 Å². The number of fused-ring (bicyclic) bond motifs is 2. The zero-order chi connectivity index (χ0) is 19.0. The summed E-state index contributed by atoms with van der Waals surface area (Å²) in [5.41, 5.74) is 0. The standard InChI is InChI=1S/C8H14N2.2C2HF3O2/c1-2-4-8-6-9-5-7(3-1)10-8;2*3-2(4,5)1(6)7/h1-2,7-10H,3-6H2;2*(H,6,7)/t7-,8+;;. The Kier molecular flexibility index (Phi) is 8.75. The molecule has 0 aromatic carbocycles. The van der Waals surface area contributed by atoms with E-state index < -0.39 is 24.3 Å². The smallest absolute Gasteiger partial charge is 0.475 e. The van der Waals surface area contributed by atoms with Gasteiger partial charge in [0.05, 0.1) is 0 Å². The lowest BCUT2D eigenvalue weighted by Gasteiger charge is -2.29. The van der Waals surface area contributed by atoms with Crippen molar-refractivity contribution < 1.29 is 46.1 Å². The Labute approximate surface area is 132 Å². The number of carboxylic acids is 2. The summed E-state index contributed by atoms with van der Waals surface area (Å²) < 4.78 is 63.5. The fourth-order valence-electron chi connectivity index (χ4n) is 1.71. The zero-order valence-electron chi connectivity index (χ0n) is 12.1. The monoisotopic (exact) mass is 366 g/mol. The molecule has 2 rings (SSSR count). The van der Waals surface area contributed by atoms with Gasteiger partial charge in [-0.3, -0.25) is 0 Å². The molecule has 1 fully saturated rings. The molecule has 0 unspecified atom stereocenters. The van der Waals surface area contributed by atoms with Crippen molar-refractivity contribution in [3.63, 3.8) is 0 Å². The van der Waals surface area contributed by atoms with E-state index in [4.69, 9.17) is 19.8 Å². The summed E-state index contributed by atoms with van der Waals surface area (Å²) >= 11 is 0. The molecule has 0 radical (unpaired) electrons. The first-order valence-corrected chi connectivity index (χ1v) is 6.56. The van der Waals surface area contributed by atoms with Gasteiger partial charge in [0.1, 0.15) is 0 Å². The van der Waals surface area contributed by atoms with Crippen LogP contribution in [-0.4, -0.2) is 59.7 Å². The molecule has 2 aliphatic rings. The van der Waals surface area contributed by atoms with Gasteiger partial charge in [-0.1, -0.05) is 12.2 Å². The highest BCUT2D eigenvalue weighted by Gasteiger charge is 2.38.